The monoisotopic (exact) mass is 352 g/mol. The van der Waals surface area contributed by atoms with Crippen molar-refractivity contribution < 1.29 is 4.79 Å². The number of carbonyl (C=O) groups excluding carboxylic acids is 1. The summed E-state index contributed by atoms with van der Waals surface area (Å²) >= 11 is 0. The van der Waals surface area contributed by atoms with E-state index >= 15 is 0 Å². The van der Waals surface area contributed by atoms with Gasteiger partial charge in [-0.2, -0.15) is 0 Å². The predicted molar refractivity (Wildman–Crippen MR) is 101 cm³/mol. The van der Waals surface area contributed by atoms with Crippen LogP contribution >= 0.6 is 0 Å². The first kappa shape index (κ1) is 17.3. The van der Waals surface area contributed by atoms with Crippen molar-refractivity contribution in [3.05, 3.63) is 48.0 Å². The number of likely N-dealkylation sites (tertiary alicyclic amines) is 1. The number of carbonyl (C=O) groups is 1. The first-order chi connectivity index (χ1) is 12.8. The van der Waals surface area contributed by atoms with Gasteiger partial charge in [0.1, 0.15) is 12.2 Å². The fourth-order valence-corrected chi connectivity index (χ4v) is 4.31. The molecule has 0 unspecified atom stereocenters. The Morgan fingerprint density at radius 2 is 1.88 bits per heavy atom. The van der Waals surface area contributed by atoms with E-state index in [2.05, 4.69) is 39.0 Å². The molecule has 2 aromatic rings. The lowest BCUT2D eigenvalue weighted by atomic mass is 9.95. The van der Waals surface area contributed by atoms with E-state index in [1.807, 2.05) is 17.3 Å². The summed E-state index contributed by atoms with van der Waals surface area (Å²) in [6, 6.07) is 11.0. The van der Waals surface area contributed by atoms with Gasteiger partial charge in [0, 0.05) is 37.9 Å². The third-order valence-corrected chi connectivity index (χ3v) is 5.85. The molecule has 0 radical (unpaired) electrons. The number of amides is 1. The summed E-state index contributed by atoms with van der Waals surface area (Å²) in [6.07, 6.45) is 10.5. The van der Waals surface area contributed by atoms with E-state index in [-0.39, 0.29) is 0 Å². The lowest BCUT2D eigenvalue weighted by molar-refractivity contribution is -0.137. The highest BCUT2D eigenvalue weighted by molar-refractivity contribution is 5.77. The highest BCUT2D eigenvalue weighted by Crippen LogP contribution is 2.31. The number of aryl methyl sites for hydroxylation is 1. The second-order valence-electron chi connectivity index (χ2n) is 7.80. The smallest absolute Gasteiger partial charge is 0.222 e. The predicted octanol–water partition coefficient (Wildman–Crippen LogP) is 3.42. The van der Waals surface area contributed by atoms with E-state index in [1.54, 1.807) is 0 Å². The zero-order chi connectivity index (χ0) is 17.8. The first-order valence-corrected chi connectivity index (χ1v) is 9.99. The van der Waals surface area contributed by atoms with Crippen molar-refractivity contribution in [3.63, 3.8) is 0 Å². The molecule has 0 bridgehead atoms. The van der Waals surface area contributed by atoms with Gasteiger partial charge in [-0.25, -0.2) is 0 Å². The van der Waals surface area contributed by atoms with Crippen LogP contribution in [-0.4, -0.2) is 38.7 Å². The molecule has 2 heterocycles. The van der Waals surface area contributed by atoms with Gasteiger partial charge in [-0.3, -0.25) is 4.79 Å². The van der Waals surface area contributed by atoms with Crippen LogP contribution in [0.25, 0.3) is 0 Å². The Bertz CT molecular complexity index is 715. The van der Waals surface area contributed by atoms with E-state index in [1.165, 1.54) is 31.2 Å². The number of nitrogens with zero attached hydrogens (tertiary/aromatic N) is 4. The van der Waals surface area contributed by atoms with Gasteiger partial charge in [0.05, 0.1) is 0 Å². The summed E-state index contributed by atoms with van der Waals surface area (Å²) in [5.41, 5.74) is 1.31. The second-order valence-corrected chi connectivity index (χ2v) is 7.80. The standard InChI is InChI=1S/C21H28N4O/c26-21(12-6-9-17-7-2-1-3-8-17)24-14-18(15-24)13-20-23-22-16-25(20)19-10-4-5-11-19/h1-3,7-8,16,18-19H,4-6,9-15H2. The van der Waals surface area contributed by atoms with Crippen molar-refractivity contribution >= 4 is 5.91 Å². The van der Waals surface area contributed by atoms with Crippen LogP contribution in [-0.2, 0) is 17.6 Å². The van der Waals surface area contributed by atoms with Gasteiger partial charge >= 0.3 is 0 Å². The minimum atomic E-state index is 0.300. The molecule has 1 aliphatic carbocycles. The Morgan fingerprint density at radius 1 is 1.12 bits per heavy atom. The van der Waals surface area contributed by atoms with Gasteiger partial charge in [0.25, 0.3) is 0 Å². The highest BCUT2D eigenvalue weighted by atomic mass is 16.2. The number of rotatable bonds is 7. The molecule has 2 fully saturated rings. The van der Waals surface area contributed by atoms with Crippen LogP contribution in [0.4, 0.5) is 0 Å². The normalized spacial score (nSPS) is 18.2. The molecule has 26 heavy (non-hydrogen) atoms. The van der Waals surface area contributed by atoms with Crippen LogP contribution in [0.15, 0.2) is 36.7 Å². The molecular formula is C21H28N4O. The molecule has 1 aromatic carbocycles. The summed E-state index contributed by atoms with van der Waals surface area (Å²) in [4.78, 5) is 14.3. The molecule has 1 amide bonds. The molecule has 138 valence electrons. The number of hydrogen-bond acceptors (Lipinski definition) is 3. The number of benzene rings is 1. The Labute approximate surface area is 155 Å². The first-order valence-electron chi connectivity index (χ1n) is 9.99. The fourth-order valence-electron chi connectivity index (χ4n) is 4.31. The van der Waals surface area contributed by atoms with Crippen molar-refractivity contribution in [2.45, 2.75) is 57.4 Å². The van der Waals surface area contributed by atoms with Crippen LogP contribution < -0.4 is 0 Å². The highest BCUT2D eigenvalue weighted by Gasteiger charge is 2.32. The van der Waals surface area contributed by atoms with Crippen molar-refractivity contribution in [2.75, 3.05) is 13.1 Å². The fraction of sp³-hybridized carbons (Fsp3) is 0.571. The lowest BCUT2D eigenvalue weighted by Crippen LogP contribution is -2.50. The van der Waals surface area contributed by atoms with E-state index in [4.69, 9.17) is 0 Å². The minimum absolute atomic E-state index is 0.300. The van der Waals surface area contributed by atoms with E-state index in [0.29, 0.717) is 24.3 Å². The van der Waals surface area contributed by atoms with Crippen molar-refractivity contribution in [3.8, 4) is 0 Å². The molecule has 0 atom stereocenters. The molecular weight excluding hydrogens is 324 g/mol. The third kappa shape index (κ3) is 3.97. The van der Waals surface area contributed by atoms with Gasteiger partial charge in [-0.15, -0.1) is 10.2 Å². The van der Waals surface area contributed by atoms with Gasteiger partial charge in [0.15, 0.2) is 0 Å². The number of hydrogen-bond donors (Lipinski definition) is 0. The largest absolute Gasteiger partial charge is 0.342 e. The Balaban J connectivity index is 1.19. The van der Waals surface area contributed by atoms with Gasteiger partial charge in [0.2, 0.25) is 5.91 Å². The summed E-state index contributed by atoms with van der Waals surface area (Å²) in [5, 5.41) is 8.48. The maximum Gasteiger partial charge on any atom is 0.222 e. The zero-order valence-electron chi connectivity index (χ0n) is 15.4. The summed E-state index contributed by atoms with van der Waals surface area (Å²) < 4.78 is 2.29. The Morgan fingerprint density at radius 3 is 2.65 bits per heavy atom. The van der Waals surface area contributed by atoms with Crippen molar-refractivity contribution in [1.29, 1.82) is 0 Å². The molecule has 1 saturated carbocycles. The van der Waals surface area contributed by atoms with Gasteiger partial charge in [-0.1, -0.05) is 43.2 Å². The summed E-state index contributed by atoms with van der Waals surface area (Å²) in [7, 11) is 0. The summed E-state index contributed by atoms with van der Waals surface area (Å²) in [5.74, 6) is 1.95. The maximum absolute atomic E-state index is 12.3. The van der Waals surface area contributed by atoms with E-state index < -0.39 is 0 Å². The molecule has 1 aromatic heterocycles. The quantitative estimate of drug-likeness (QED) is 0.767. The van der Waals surface area contributed by atoms with Crippen LogP contribution in [0.5, 0.6) is 0 Å². The Kier molecular flexibility index (Phi) is 5.32. The van der Waals surface area contributed by atoms with Crippen LogP contribution in [0.3, 0.4) is 0 Å². The van der Waals surface area contributed by atoms with E-state index in [0.717, 1.165) is 38.2 Å². The third-order valence-electron chi connectivity index (χ3n) is 5.85. The van der Waals surface area contributed by atoms with Crippen LogP contribution in [0.2, 0.25) is 0 Å². The molecule has 0 N–H and O–H groups in total. The van der Waals surface area contributed by atoms with Crippen molar-refractivity contribution in [1.82, 2.24) is 19.7 Å². The average Bonchev–Trinajstić information content (AvgIpc) is 3.29. The van der Waals surface area contributed by atoms with E-state index in [9.17, 15) is 4.79 Å². The molecule has 0 spiro atoms. The topological polar surface area (TPSA) is 51.0 Å². The van der Waals surface area contributed by atoms with Crippen LogP contribution in [0.1, 0.15) is 56.0 Å². The minimum Gasteiger partial charge on any atom is -0.342 e. The lowest BCUT2D eigenvalue weighted by Gasteiger charge is -2.39. The molecule has 1 saturated heterocycles. The summed E-state index contributed by atoms with van der Waals surface area (Å²) in [6.45, 7) is 1.75. The number of aromatic nitrogens is 3. The molecule has 2 aliphatic rings. The molecule has 1 aliphatic heterocycles. The zero-order valence-corrected chi connectivity index (χ0v) is 15.4. The van der Waals surface area contributed by atoms with Gasteiger partial charge < -0.3 is 9.47 Å². The SMILES string of the molecule is O=C(CCCc1ccccc1)N1CC(Cc2nncn2C2CCCC2)C1. The van der Waals surface area contributed by atoms with Crippen molar-refractivity contribution in [2.24, 2.45) is 5.92 Å². The average molecular weight is 352 g/mol. The molecule has 5 heteroatoms. The molecule has 4 rings (SSSR count). The van der Waals surface area contributed by atoms with Gasteiger partial charge in [-0.05, 0) is 31.2 Å². The molecule has 5 nitrogen and oxygen atoms in total. The Hall–Kier alpha value is -2.17. The second kappa shape index (κ2) is 8.02. The maximum atomic E-state index is 12.3. The van der Waals surface area contributed by atoms with Crippen LogP contribution in [0, 0.1) is 5.92 Å².